The van der Waals surface area contributed by atoms with E-state index in [-0.39, 0.29) is 29.3 Å². The Morgan fingerprint density at radius 3 is 2.11 bits per heavy atom. The zero-order chi connectivity index (χ0) is 26.0. The number of imide groups is 1. The standard InChI is InChI=1S/C23H26FN3O7S/c1-23(2)21(29)26(22(30)25(23)3)14-17(27(31)15-28)12-13-35(32,33)20-10-8-19(9-11-20)34-18-6-4-16(24)5-7-18/h4-11,15,17,31H,12-14H2,1-3H3/t17-/m1/s1. The van der Waals surface area contributed by atoms with Crippen LogP contribution in [-0.4, -0.2) is 77.8 Å². The Morgan fingerprint density at radius 2 is 1.63 bits per heavy atom. The van der Waals surface area contributed by atoms with Crippen molar-refractivity contribution in [3.63, 3.8) is 0 Å². The fraction of sp³-hybridized carbons (Fsp3) is 0.348. The van der Waals surface area contributed by atoms with E-state index in [9.17, 15) is 32.4 Å². The van der Waals surface area contributed by atoms with Gasteiger partial charge in [0.1, 0.15) is 22.9 Å². The number of hydroxylamine groups is 2. The van der Waals surface area contributed by atoms with Crippen LogP contribution in [0.2, 0.25) is 0 Å². The van der Waals surface area contributed by atoms with Gasteiger partial charge in [0.15, 0.2) is 9.84 Å². The van der Waals surface area contributed by atoms with E-state index in [2.05, 4.69) is 0 Å². The smallest absolute Gasteiger partial charge is 0.327 e. The number of carbonyl (C=O) groups excluding carboxylic acids is 3. The first-order valence-electron chi connectivity index (χ1n) is 10.7. The largest absolute Gasteiger partial charge is 0.457 e. The van der Waals surface area contributed by atoms with E-state index in [0.29, 0.717) is 11.5 Å². The van der Waals surface area contributed by atoms with Crippen molar-refractivity contribution in [3.8, 4) is 11.5 Å². The van der Waals surface area contributed by atoms with Crippen LogP contribution in [0.1, 0.15) is 20.3 Å². The number of benzene rings is 2. The van der Waals surface area contributed by atoms with Crippen molar-refractivity contribution in [2.75, 3.05) is 19.3 Å². The summed E-state index contributed by atoms with van der Waals surface area (Å²) in [6, 6.07) is 9.16. The van der Waals surface area contributed by atoms with Crippen LogP contribution in [0, 0.1) is 5.82 Å². The number of nitrogens with zero attached hydrogens (tertiary/aromatic N) is 3. The topological polar surface area (TPSA) is 125 Å². The molecule has 2 aromatic carbocycles. The van der Waals surface area contributed by atoms with Crippen LogP contribution < -0.4 is 4.74 Å². The molecule has 1 saturated heterocycles. The molecule has 188 valence electrons. The van der Waals surface area contributed by atoms with E-state index < -0.39 is 44.9 Å². The second-order valence-electron chi connectivity index (χ2n) is 8.59. The first-order valence-corrected chi connectivity index (χ1v) is 12.3. The first-order chi connectivity index (χ1) is 16.4. The second-order valence-corrected chi connectivity index (χ2v) is 10.7. The van der Waals surface area contributed by atoms with Gasteiger partial charge in [-0.25, -0.2) is 22.7 Å². The van der Waals surface area contributed by atoms with Crippen molar-refractivity contribution < 1.29 is 37.1 Å². The molecule has 1 aliphatic rings. The van der Waals surface area contributed by atoms with Crippen LogP contribution in [0.15, 0.2) is 53.4 Å². The number of ether oxygens (including phenoxy) is 1. The molecule has 3 rings (SSSR count). The fourth-order valence-corrected chi connectivity index (χ4v) is 4.88. The maximum atomic E-state index is 13.0. The van der Waals surface area contributed by atoms with Crippen LogP contribution in [0.5, 0.6) is 11.5 Å². The highest BCUT2D eigenvalue weighted by Gasteiger charge is 2.50. The molecule has 10 nitrogen and oxygen atoms in total. The molecule has 1 aliphatic heterocycles. The molecule has 4 amide bonds. The van der Waals surface area contributed by atoms with Gasteiger partial charge in [-0.05, 0) is 68.8 Å². The minimum absolute atomic E-state index is 0.0208. The second kappa shape index (κ2) is 10.0. The average molecular weight is 508 g/mol. The average Bonchev–Trinajstić information content (AvgIpc) is 2.97. The Kier molecular flexibility index (Phi) is 7.46. The Balaban J connectivity index is 1.69. The Bertz CT molecular complexity index is 1200. The van der Waals surface area contributed by atoms with E-state index in [4.69, 9.17) is 4.74 Å². The molecule has 1 N–H and O–H groups in total. The fourth-order valence-electron chi connectivity index (χ4n) is 3.51. The quantitative estimate of drug-likeness (QED) is 0.227. The normalized spacial score (nSPS) is 16.4. The zero-order valence-corrected chi connectivity index (χ0v) is 20.2. The maximum absolute atomic E-state index is 13.0. The van der Waals surface area contributed by atoms with Gasteiger partial charge in [-0.1, -0.05) is 0 Å². The number of urea groups is 1. The minimum atomic E-state index is -3.84. The minimum Gasteiger partial charge on any atom is -0.457 e. The number of carbonyl (C=O) groups is 3. The number of rotatable bonds is 10. The van der Waals surface area contributed by atoms with Crippen molar-refractivity contribution in [3.05, 3.63) is 54.3 Å². The lowest BCUT2D eigenvalue weighted by atomic mass is 10.0. The number of sulfone groups is 1. The van der Waals surface area contributed by atoms with Crippen molar-refractivity contribution in [1.82, 2.24) is 14.9 Å². The van der Waals surface area contributed by atoms with Crippen LogP contribution >= 0.6 is 0 Å². The molecule has 0 saturated carbocycles. The van der Waals surface area contributed by atoms with Crippen LogP contribution in [0.25, 0.3) is 0 Å². The highest BCUT2D eigenvalue weighted by Crippen LogP contribution is 2.27. The van der Waals surface area contributed by atoms with Gasteiger partial charge < -0.3 is 9.64 Å². The molecule has 12 heteroatoms. The van der Waals surface area contributed by atoms with E-state index >= 15 is 0 Å². The number of halogens is 1. The van der Waals surface area contributed by atoms with Crippen LogP contribution in [0.4, 0.5) is 9.18 Å². The van der Waals surface area contributed by atoms with Gasteiger partial charge in [-0.2, -0.15) is 0 Å². The first kappa shape index (κ1) is 26.1. The van der Waals surface area contributed by atoms with Crippen LogP contribution in [-0.2, 0) is 19.4 Å². The highest BCUT2D eigenvalue weighted by atomic mass is 32.2. The van der Waals surface area contributed by atoms with Crippen molar-refractivity contribution >= 4 is 28.2 Å². The summed E-state index contributed by atoms with van der Waals surface area (Å²) in [4.78, 5) is 38.4. The summed E-state index contributed by atoms with van der Waals surface area (Å²) >= 11 is 0. The summed E-state index contributed by atoms with van der Waals surface area (Å²) < 4.78 is 44.3. The van der Waals surface area contributed by atoms with Gasteiger partial charge in [0, 0.05) is 7.05 Å². The molecular weight excluding hydrogens is 481 g/mol. The molecule has 2 aromatic rings. The Labute approximate surface area is 202 Å². The Morgan fingerprint density at radius 1 is 1.09 bits per heavy atom. The van der Waals surface area contributed by atoms with E-state index in [1.165, 1.54) is 60.5 Å². The lowest BCUT2D eigenvalue weighted by Crippen LogP contribution is -2.46. The molecule has 0 aliphatic carbocycles. The summed E-state index contributed by atoms with van der Waals surface area (Å²) in [6.45, 7) is 2.76. The molecule has 1 fully saturated rings. The SMILES string of the molecule is CN1C(=O)N(C[C@@H](CCS(=O)(=O)c2ccc(Oc3ccc(F)cc3)cc2)N(O)C=O)C(=O)C1(C)C. The van der Waals surface area contributed by atoms with E-state index in [0.717, 1.165) is 4.90 Å². The van der Waals surface area contributed by atoms with Crippen molar-refractivity contribution in [1.29, 1.82) is 0 Å². The highest BCUT2D eigenvalue weighted by molar-refractivity contribution is 7.91. The summed E-state index contributed by atoms with van der Waals surface area (Å²) in [5.41, 5.74) is -1.10. The summed E-state index contributed by atoms with van der Waals surface area (Å²) in [7, 11) is -2.39. The maximum Gasteiger partial charge on any atom is 0.327 e. The van der Waals surface area contributed by atoms with Crippen LogP contribution in [0.3, 0.4) is 0 Å². The van der Waals surface area contributed by atoms with Crippen molar-refractivity contribution in [2.45, 2.75) is 36.7 Å². The van der Waals surface area contributed by atoms with E-state index in [1.807, 2.05) is 0 Å². The van der Waals surface area contributed by atoms with Gasteiger partial charge >= 0.3 is 6.03 Å². The van der Waals surface area contributed by atoms with Gasteiger partial charge in [-0.3, -0.25) is 19.7 Å². The molecule has 0 unspecified atom stereocenters. The third kappa shape index (κ3) is 5.60. The van der Waals surface area contributed by atoms with Crippen molar-refractivity contribution in [2.24, 2.45) is 0 Å². The van der Waals surface area contributed by atoms with Gasteiger partial charge in [-0.15, -0.1) is 0 Å². The third-order valence-electron chi connectivity index (χ3n) is 5.95. The summed E-state index contributed by atoms with van der Waals surface area (Å²) in [5.74, 6) is -0.678. The van der Waals surface area contributed by atoms with E-state index in [1.54, 1.807) is 13.8 Å². The lowest BCUT2D eigenvalue weighted by Gasteiger charge is -2.26. The molecule has 0 radical (unpaired) electrons. The van der Waals surface area contributed by atoms with Gasteiger partial charge in [0.25, 0.3) is 5.91 Å². The number of amides is 4. The molecule has 0 spiro atoms. The summed E-state index contributed by atoms with van der Waals surface area (Å²) in [6.07, 6.45) is -0.134. The van der Waals surface area contributed by atoms with Gasteiger partial charge in [0.05, 0.1) is 23.2 Å². The zero-order valence-electron chi connectivity index (χ0n) is 19.4. The monoisotopic (exact) mass is 507 g/mol. The number of likely N-dealkylation sites (N-methyl/N-ethyl adjacent to an activating group) is 1. The molecule has 0 aromatic heterocycles. The predicted octanol–water partition coefficient (Wildman–Crippen LogP) is 2.67. The Hall–Kier alpha value is -3.51. The number of hydrogen-bond acceptors (Lipinski definition) is 7. The molecule has 35 heavy (non-hydrogen) atoms. The predicted molar refractivity (Wildman–Crippen MR) is 122 cm³/mol. The summed E-state index contributed by atoms with van der Waals surface area (Å²) in [5, 5.41) is 10.2. The lowest BCUT2D eigenvalue weighted by molar-refractivity contribution is -0.162. The molecule has 0 bridgehead atoms. The third-order valence-corrected chi connectivity index (χ3v) is 7.72. The molecule has 1 heterocycles. The van der Waals surface area contributed by atoms with Gasteiger partial charge in [0.2, 0.25) is 6.41 Å². The molecule has 1 atom stereocenters. The number of hydrogen-bond donors (Lipinski definition) is 1. The molecular formula is C23H26FN3O7S.